The Labute approximate surface area is 81.7 Å². The zero-order valence-corrected chi connectivity index (χ0v) is 7.91. The third-order valence-corrected chi connectivity index (χ3v) is 2.18. The van der Waals surface area contributed by atoms with E-state index in [4.69, 9.17) is 14.6 Å². The number of aliphatic hydroxyl groups is 4. The van der Waals surface area contributed by atoms with Gasteiger partial charge in [-0.1, -0.05) is 0 Å². The van der Waals surface area contributed by atoms with Gasteiger partial charge in [0.25, 0.3) is 0 Å². The van der Waals surface area contributed by atoms with Crippen LogP contribution in [0.25, 0.3) is 0 Å². The van der Waals surface area contributed by atoms with Crippen LogP contribution in [0.15, 0.2) is 0 Å². The van der Waals surface area contributed by atoms with E-state index in [0.717, 1.165) is 0 Å². The summed E-state index contributed by atoms with van der Waals surface area (Å²) in [7, 11) is 0. The molecule has 4 N–H and O–H groups in total. The molecular weight excluding hydrogens is 192 g/mol. The number of ether oxygens (including phenoxy) is 2. The number of hydrogen-bond acceptors (Lipinski definition) is 6. The van der Waals surface area contributed by atoms with Crippen molar-refractivity contribution in [2.45, 2.75) is 37.6 Å². The van der Waals surface area contributed by atoms with Gasteiger partial charge in [0.05, 0.1) is 6.61 Å². The number of rotatable bonds is 3. The van der Waals surface area contributed by atoms with Crippen LogP contribution in [0, 0.1) is 0 Å². The van der Waals surface area contributed by atoms with Crippen molar-refractivity contribution in [2.75, 3.05) is 13.2 Å². The topological polar surface area (TPSA) is 99.4 Å². The lowest BCUT2D eigenvalue weighted by atomic mass is 9.99. The molecule has 84 valence electrons. The van der Waals surface area contributed by atoms with Gasteiger partial charge >= 0.3 is 0 Å². The predicted octanol–water partition coefficient (Wildman–Crippen LogP) is -2.18. The van der Waals surface area contributed by atoms with Gasteiger partial charge in [0, 0.05) is 6.61 Å². The van der Waals surface area contributed by atoms with Crippen molar-refractivity contribution >= 4 is 0 Å². The lowest BCUT2D eigenvalue weighted by Crippen LogP contribution is -2.59. The molecular formula is C8H16O6. The summed E-state index contributed by atoms with van der Waals surface area (Å²) in [6.45, 7) is 1.58. The Morgan fingerprint density at radius 1 is 1.14 bits per heavy atom. The average molecular weight is 208 g/mol. The van der Waals surface area contributed by atoms with Crippen molar-refractivity contribution in [3.63, 3.8) is 0 Å². The second-order valence-corrected chi connectivity index (χ2v) is 3.15. The molecule has 14 heavy (non-hydrogen) atoms. The zero-order chi connectivity index (χ0) is 10.7. The van der Waals surface area contributed by atoms with E-state index in [0.29, 0.717) is 6.61 Å². The Morgan fingerprint density at radius 2 is 1.79 bits per heavy atom. The zero-order valence-electron chi connectivity index (χ0n) is 7.91. The molecule has 2 unspecified atom stereocenters. The van der Waals surface area contributed by atoms with Crippen LogP contribution in [0.1, 0.15) is 6.92 Å². The summed E-state index contributed by atoms with van der Waals surface area (Å²) < 4.78 is 10.0. The van der Waals surface area contributed by atoms with Gasteiger partial charge in [-0.2, -0.15) is 0 Å². The summed E-state index contributed by atoms with van der Waals surface area (Å²) in [5.74, 6) is 0. The second-order valence-electron chi connectivity index (χ2n) is 3.15. The summed E-state index contributed by atoms with van der Waals surface area (Å²) in [4.78, 5) is 0. The highest BCUT2D eigenvalue weighted by Crippen LogP contribution is 2.21. The average Bonchev–Trinajstić information content (AvgIpc) is 2.19. The van der Waals surface area contributed by atoms with Crippen LogP contribution in [0.2, 0.25) is 0 Å². The molecule has 0 amide bonds. The van der Waals surface area contributed by atoms with E-state index in [1.807, 2.05) is 0 Å². The summed E-state index contributed by atoms with van der Waals surface area (Å²) >= 11 is 0. The van der Waals surface area contributed by atoms with Crippen molar-refractivity contribution in [1.82, 2.24) is 0 Å². The van der Waals surface area contributed by atoms with Crippen molar-refractivity contribution in [1.29, 1.82) is 0 Å². The van der Waals surface area contributed by atoms with Crippen LogP contribution in [0.5, 0.6) is 0 Å². The molecule has 1 heterocycles. The summed E-state index contributed by atoms with van der Waals surface area (Å²) in [6, 6.07) is 0. The third kappa shape index (κ3) is 2.22. The van der Waals surface area contributed by atoms with Crippen LogP contribution < -0.4 is 0 Å². The minimum atomic E-state index is -1.36. The SMILES string of the molecule is CCOC1O[C@H](CO)[C@@H](O)C(O)[C@H]1O. The standard InChI is InChI=1S/C8H16O6/c1-2-13-8-7(12)6(11)5(10)4(3-9)14-8/h4-12H,2-3H2,1H3/t4-,5-,6?,7-,8?/m1/s1. The first-order valence-electron chi connectivity index (χ1n) is 4.54. The van der Waals surface area contributed by atoms with Gasteiger partial charge in [-0.15, -0.1) is 0 Å². The molecule has 0 spiro atoms. The summed E-state index contributed by atoms with van der Waals surface area (Å²) in [5.41, 5.74) is 0. The van der Waals surface area contributed by atoms with E-state index in [9.17, 15) is 15.3 Å². The second kappa shape index (κ2) is 5.01. The van der Waals surface area contributed by atoms with Crippen LogP contribution in [0.3, 0.4) is 0 Å². The first kappa shape index (κ1) is 11.8. The largest absolute Gasteiger partial charge is 0.394 e. The molecule has 0 saturated carbocycles. The Morgan fingerprint density at radius 3 is 2.29 bits per heavy atom. The highest BCUT2D eigenvalue weighted by molar-refractivity contribution is 4.88. The molecule has 0 aromatic heterocycles. The lowest BCUT2D eigenvalue weighted by Gasteiger charge is -2.39. The molecule has 0 aliphatic carbocycles. The van der Waals surface area contributed by atoms with Gasteiger partial charge in [0.2, 0.25) is 0 Å². The van der Waals surface area contributed by atoms with E-state index in [-0.39, 0.29) is 0 Å². The summed E-state index contributed by atoms with van der Waals surface area (Å²) in [5, 5.41) is 36.9. The van der Waals surface area contributed by atoms with E-state index in [1.165, 1.54) is 0 Å². The first-order chi connectivity index (χ1) is 6.61. The molecule has 1 aliphatic heterocycles. The number of hydrogen-bond donors (Lipinski definition) is 4. The highest BCUT2D eigenvalue weighted by atomic mass is 16.7. The Kier molecular flexibility index (Phi) is 4.24. The van der Waals surface area contributed by atoms with E-state index in [1.54, 1.807) is 6.92 Å². The highest BCUT2D eigenvalue weighted by Gasteiger charge is 2.43. The molecule has 6 heteroatoms. The van der Waals surface area contributed by atoms with Gasteiger partial charge in [0.1, 0.15) is 24.4 Å². The molecule has 0 bridgehead atoms. The summed E-state index contributed by atoms with van der Waals surface area (Å²) in [6.07, 6.45) is -5.89. The van der Waals surface area contributed by atoms with Crippen molar-refractivity contribution in [3.8, 4) is 0 Å². The fraction of sp³-hybridized carbons (Fsp3) is 1.00. The van der Waals surface area contributed by atoms with Gasteiger partial charge in [-0.05, 0) is 6.92 Å². The van der Waals surface area contributed by atoms with E-state index in [2.05, 4.69) is 0 Å². The van der Waals surface area contributed by atoms with Crippen molar-refractivity contribution < 1.29 is 29.9 Å². The Balaban J connectivity index is 2.63. The fourth-order valence-electron chi connectivity index (χ4n) is 1.37. The van der Waals surface area contributed by atoms with E-state index < -0.39 is 37.3 Å². The van der Waals surface area contributed by atoms with Crippen LogP contribution in [0.4, 0.5) is 0 Å². The van der Waals surface area contributed by atoms with E-state index >= 15 is 0 Å². The molecule has 0 aromatic carbocycles. The molecule has 0 aromatic rings. The minimum Gasteiger partial charge on any atom is -0.394 e. The lowest BCUT2D eigenvalue weighted by molar-refractivity contribution is -0.300. The maximum Gasteiger partial charge on any atom is 0.186 e. The predicted molar refractivity (Wildman–Crippen MR) is 45.4 cm³/mol. The molecule has 1 aliphatic rings. The molecule has 1 rings (SSSR count). The van der Waals surface area contributed by atoms with Crippen LogP contribution in [-0.4, -0.2) is 64.3 Å². The number of aliphatic hydroxyl groups excluding tert-OH is 4. The monoisotopic (exact) mass is 208 g/mol. The van der Waals surface area contributed by atoms with Crippen LogP contribution >= 0.6 is 0 Å². The third-order valence-electron chi connectivity index (χ3n) is 2.18. The fourth-order valence-corrected chi connectivity index (χ4v) is 1.37. The van der Waals surface area contributed by atoms with Gasteiger partial charge < -0.3 is 29.9 Å². The van der Waals surface area contributed by atoms with Gasteiger partial charge in [-0.3, -0.25) is 0 Å². The molecule has 6 nitrogen and oxygen atoms in total. The van der Waals surface area contributed by atoms with Crippen LogP contribution in [-0.2, 0) is 9.47 Å². The maximum absolute atomic E-state index is 9.41. The normalized spacial score (nSPS) is 43.9. The Bertz CT molecular complexity index is 171. The maximum atomic E-state index is 9.41. The van der Waals surface area contributed by atoms with Crippen molar-refractivity contribution in [2.24, 2.45) is 0 Å². The molecule has 0 radical (unpaired) electrons. The smallest absolute Gasteiger partial charge is 0.186 e. The Hall–Kier alpha value is -0.240. The molecule has 5 atom stereocenters. The first-order valence-corrected chi connectivity index (χ1v) is 4.54. The quantitative estimate of drug-likeness (QED) is 0.421. The van der Waals surface area contributed by atoms with Crippen molar-refractivity contribution in [3.05, 3.63) is 0 Å². The molecule has 1 saturated heterocycles. The van der Waals surface area contributed by atoms with Gasteiger partial charge in [0.15, 0.2) is 6.29 Å². The van der Waals surface area contributed by atoms with Gasteiger partial charge in [-0.25, -0.2) is 0 Å². The molecule has 1 fully saturated rings. The minimum absolute atomic E-state index is 0.308.